The standard InChI is InChI=1S/C15H20N2O4/c1-10(18)11-8-13(16(2)9-11)14(19)17-7-5-3-4-6-12(17)15(20)21/h8-9,12H,3-7H2,1-2H3,(H,20,21). The summed E-state index contributed by atoms with van der Waals surface area (Å²) in [7, 11) is 1.69. The van der Waals surface area contributed by atoms with Gasteiger partial charge in [0, 0.05) is 25.4 Å². The first-order chi connectivity index (χ1) is 9.91. The van der Waals surface area contributed by atoms with Crippen LogP contribution in [0.3, 0.4) is 0 Å². The van der Waals surface area contributed by atoms with Gasteiger partial charge in [0.05, 0.1) is 0 Å². The van der Waals surface area contributed by atoms with E-state index in [1.807, 2.05) is 0 Å². The molecule has 1 unspecified atom stereocenters. The van der Waals surface area contributed by atoms with Crippen LogP contribution in [-0.2, 0) is 11.8 Å². The van der Waals surface area contributed by atoms with E-state index in [1.165, 1.54) is 17.9 Å². The van der Waals surface area contributed by atoms with Gasteiger partial charge in [0.15, 0.2) is 5.78 Å². The molecule has 0 bridgehead atoms. The Morgan fingerprint density at radius 2 is 1.95 bits per heavy atom. The summed E-state index contributed by atoms with van der Waals surface area (Å²) < 4.78 is 1.59. The second-order valence-electron chi connectivity index (χ2n) is 5.48. The van der Waals surface area contributed by atoms with Crippen LogP contribution in [0.1, 0.15) is 53.5 Å². The molecule has 2 heterocycles. The van der Waals surface area contributed by atoms with Crippen LogP contribution in [0, 0.1) is 0 Å². The molecule has 1 atom stereocenters. The largest absolute Gasteiger partial charge is 0.480 e. The smallest absolute Gasteiger partial charge is 0.326 e. The molecule has 0 saturated carbocycles. The number of Topliss-reactive ketones (excluding diaryl/α,β-unsaturated/α-hetero) is 1. The molecule has 1 fully saturated rings. The Kier molecular flexibility index (Phi) is 4.45. The van der Waals surface area contributed by atoms with Gasteiger partial charge in [0.1, 0.15) is 11.7 Å². The lowest BCUT2D eigenvalue weighted by atomic mass is 10.1. The molecule has 0 radical (unpaired) electrons. The molecule has 1 aliphatic heterocycles. The van der Waals surface area contributed by atoms with Crippen molar-refractivity contribution in [1.82, 2.24) is 9.47 Å². The van der Waals surface area contributed by atoms with Crippen molar-refractivity contribution in [1.29, 1.82) is 0 Å². The second-order valence-corrected chi connectivity index (χ2v) is 5.48. The van der Waals surface area contributed by atoms with Gasteiger partial charge >= 0.3 is 5.97 Å². The van der Waals surface area contributed by atoms with Crippen LogP contribution in [-0.4, -0.2) is 44.8 Å². The van der Waals surface area contributed by atoms with Crippen LogP contribution in [0.5, 0.6) is 0 Å². The summed E-state index contributed by atoms with van der Waals surface area (Å²) in [4.78, 5) is 36.9. The predicted molar refractivity (Wildman–Crippen MR) is 76.3 cm³/mol. The average Bonchev–Trinajstić information content (AvgIpc) is 2.66. The first kappa shape index (κ1) is 15.3. The number of carbonyl (C=O) groups is 3. The normalized spacial score (nSPS) is 19.1. The first-order valence-electron chi connectivity index (χ1n) is 7.13. The Balaban J connectivity index is 2.32. The summed E-state index contributed by atoms with van der Waals surface area (Å²) in [6.45, 7) is 1.88. The van der Waals surface area contributed by atoms with E-state index in [2.05, 4.69) is 0 Å². The fourth-order valence-corrected chi connectivity index (χ4v) is 2.72. The van der Waals surface area contributed by atoms with Crippen LogP contribution in [0.15, 0.2) is 12.3 Å². The van der Waals surface area contributed by atoms with Crippen molar-refractivity contribution in [2.24, 2.45) is 7.05 Å². The number of nitrogens with zero attached hydrogens (tertiary/aromatic N) is 2. The van der Waals surface area contributed by atoms with E-state index in [9.17, 15) is 19.5 Å². The molecule has 1 aliphatic rings. The van der Waals surface area contributed by atoms with Gasteiger partial charge in [-0.3, -0.25) is 9.59 Å². The maximum Gasteiger partial charge on any atom is 0.326 e. The fraction of sp³-hybridized carbons (Fsp3) is 0.533. The summed E-state index contributed by atoms with van der Waals surface area (Å²) in [5, 5.41) is 9.34. The van der Waals surface area contributed by atoms with E-state index in [-0.39, 0.29) is 11.7 Å². The number of hydrogen-bond donors (Lipinski definition) is 1. The molecule has 1 saturated heterocycles. The number of hydrogen-bond acceptors (Lipinski definition) is 3. The Hall–Kier alpha value is -2.11. The molecule has 0 aliphatic carbocycles. The molecule has 0 aromatic carbocycles. The lowest BCUT2D eigenvalue weighted by Crippen LogP contribution is -2.45. The maximum atomic E-state index is 12.7. The van der Waals surface area contributed by atoms with Crippen molar-refractivity contribution in [2.75, 3.05) is 6.54 Å². The SMILES string of the molecule is CC(=O)c1cc(C(=O)N2CCCCCC2C(=O)O)n(C)c1. The van der Waals surface area contributed by atoms with Crippen molar-refractivity contribution in [2.45, 2.75) is 38.6 Å². The van der Waals surface area contributed by atoms with Gasteiger partial charge < -0.3 is 14.6 Å². The van der Waals surface area contributed by atoms with Gasteiger partial charge in [-0.25, -0.2) is 4.79 Å². The Bertz CT molecular complexity index is 576. The molecule has 1 aromatic heterocycles. The van der Waals surface area contributed by atoms with E-state index in [0.717, 1.165) is 19.3 Å². The third-order valence-electron chi connectivity index (χ3n) is 3.93. The molecule has 1 aromatic rings. The highest BCUT2D eigenvalue weighted by molar-refractivity contribution is 6.00. The van der Waals surface area contributed by atoms with Crippen LogP contribution < -0.4 is 0 Å². The summed E-state index contributed by atoms with van der Waals surface area (Å²) in [5.74, 6) is -1.40. The molecule has 6 nitrogen and oxygen atoms in total. The zero-order chi connectivity index (χ0) is 15.6. The highest BCUT2D eigenvalue weighted by Gasteiger charge is 2.32. The quantitative estimate of drug-likeness (QED) is 0.860. The van der Waals surface area contributed by atoms with Crippen molar-refractivity contribution < 1.29 is 19.5 Å². The number of rotatable bonds is 3. The Morgan fingerprint density at radius 1 is 1.24 bits per heavy atom. The van der Waals surface area contributed by atoms with Crippen molar-refractivity contribution in [3.8, 4) is 0 Å². The molecule has 1 N–H and O–H groups in total. The Labute approximate surface area is 123 Å². The van der Waals surface area contributed by atoms with Gasteiger partial charge in [-0.1, -0.05) is 12.8 Å². The van der Waals surface area contributed by atoms with Gasteiger partial charge in [0.2, 0.25) is 0 Å². The van der Waals surface area contributed by atoms with Crippen LogP contribution in [0.4, 0.5) is 0 Å². The summed E-state index contributed by atoms with van der Waals surface area (Å²) in [6.07, 6.45) is 4.62. The number of carboxylic acids is 1. The number of aliphatic carboxylic acids is 1. The number of amides is 1. The molecular weight excluding hydrogens is 272 g/mol. The van der Waals surface area contributed by atoms with Crippen LogP contribution in [0.2, 0.25) is 0 Å². The maximum absolute atomic E-state index is 12.7. The van der Waals surface area contributed by atoms with Gasteiger partial charge in [0.25, 0.3) is 5.91 Å². The minimum atomic E-state index is -0.966. The highest BCUT2D eigenvalue weighted by atomic mass is 16.4. The molecule has 21 heavy (non-hydrogen) atoms. The van der Waals surface area contributed by atoms with Crippen molar-refractivity contribution in [3.05, 3.63) is 23.5 Å². The van der Waals surface area contributed by atoms with Crippen LogP contribution >= 0.6 is 0 Å². The monoisotopic (exact) mass is 292 g/mol. The summed E-state index contributed by atoms with van der Waals surface area (Å²) in [5.41, 5.74) is 0.816. The third-order valence-corrected chi connectivity index (χ3v) is 3.93. The first-order valence-corrected chi connectivity index (χ1v) is 7.13. The summed E-state index contributed by atoms with van der Waals surface area (Å²) in [6, 6.07) is 0.754. The van der Waals surface area contributed by atoms with E-state index in [1.54, 1.807) is 17.8 Å². The number of aryl methyl sites for hydroxylation is 1. The Morgan fingerprint density at radius 3 is 2.52 bits per heavy atom. The number of carbonyl (C=O) groups excluding carboxylic acids is 2. The number of aromatic nitrogens is 1. The molecule has 2 rings (SSSR count). The van der Waals surface area contributed by atoms with Crippen LogP contribution in [0.25, 0.3) is 0 Å². The number of carboxylic acid groups (broad SMARTS) is 1. The lowest BCUT2D eigenvalue weighted by Gasteiger charge is -2.27. The molecule has 1 amide bonds. The zero-order valence-corrected chi connectivity index (χ0v) is 12.3. The highest BCUT2D eigenvalue weighted by Crippen LogP contribution is 2.20. The van der Waals surface area contributed by atoms with E-state index in [0.29, 0.717) is 24.2 Å². The molecule has 114 valence electrons. The topological polar surface area (TPSA) is 79.6 Å². The van der Waals surface area contributed by atoms with Crippen molar-refractivity contribution >= 4 is 17.7 Å². The zero-order valence-electron chi connectivity index (χ0n) is 12.3. The minimum Gasteiger partial charge on any atom is -0.480 e. The van der Waals surface area contributed by atoms with E-state index in [4.69, 9.17) is 0 Å². The second kappa shape index (κ2) is 6.11. The number of likely N-dealkylation sites (tertiary alicyclic amines) is 1. The third kappa shape index (κ3) is 3.15. The average molecular weight is 292 g/mol. The fourth-order valence-electron chi connectivity index (χ4n) is 2.72. The molecular formula is C15H20N2O4. The predicted octanol–water partition coefficient (Wildman–Crippen LogP) is 1.70. The van der Waals surface area contributed by atoms with Crippen molar-refractivity contribution in [3.63, 3.8) is 0 Å². The van der Waals surface area contributed by atoms with E-state index >= 15 is 0 Å². The molecule has 0 spiro atoms. The van der Waals surface area contributed by atoms with E-state index < -0.39 is 12.0 Å². The lowest BCUT2D eigenvalue weighted by molar-refractivity contribution is -0.142. The summed E-state index contributed by atoms with van der Waals surface area (Å²) >= 11 is 0. The van der Waals surface area contributed by atoms with Gasteiger partial charge in [-0.2, -0.15) is 0 Å². The number of ketones is 1. The molecule has 6 heteroatoms. The van der Waals surface area contributed by atoms with Gasteiger partial charge in [-0.05, 0) is 25.8 Å². The minimum absolute atomic E-state index is 0.115. The van der Waals surface area contributed by atoms with Gasteiger partial charge in [-0.15, -0.1) is 0 Å².